The Bertz CT molecular complexity index is 802. The van der Waals surface area contributed by atoms with Crippen LogP contribution in [0.15, 0.2) is 48.5 Å². The third-order valence-electron chi connectivity index (χ3n) is 4.28. The Hall–Kier alpha value is -2.66. The molecule has 148 valence electrons. The summed E-state index contributed by atoms with van der Waals surface area (Å²) in [6.07, 6.45) is 1.32. The molecule has 0 saturated heterocycles. The summed E-state index contributed by atoms with van der Waals surface area (Å²) in [5.41, 5.74) is 2.75. The number of aryl methyl sites for hydroxylation is 2. The van der Waals surface area contributed by atoms with Crippen LogP contribution in [0.5, 0.6) is 0 Å². The van der Waals surface area contributed by atoms with Crippen LogP contribution >= 0.6 is 11.6 Å². The number of nitrogens with one attached hydrogen (secondary N) is 2. The largest absolute Gasteiger partial charge is 0.354 e. The van der Waals surface area contributed by atoms with E-state index in [1.54, 1.807) is 24.3 Å². The predicted molar refractivity (Wildman–Crippen MR) is 111 cm³/mol. The van der Waals surface area contributed by atoms with Crippen LogP contribution in [0.1, 0.15) is 40.7 Å². The van der Waals surface area contributed by atoms with Gasteiger partial charge in [0.25, 0.3) is 0 Å². The molecule has 0 unspecified atom stereocenters. The minimum absolute atomic E-state index is 0.0503. The second kappa shape index (κ2) is 11.2. The van der Waals surface area contributed by atoms with Gasteiger partial charge in [-0.05, 0) is 31.0 Å². The predicted octanol–water partition coefficient (Wildman–Crippen LogP) is 3.48. The van der Waals surface area contributed by atoms with Crippen molar-refractivity contribution in [1.82, 2.24) is 10.6 Å². The van der Waals surface area contributed by atoms with E-state index in [0.29, 0.717) is 36.5 Å². The van der Waals surface area contributed by atoms with Gasteiger partial charge in [0, 0.05) is 42.9 Å². The van der Waals surface area contributed by atoms with Gasteiger partial charge >= 0.3 is 0 Å². The van der Waals surface area contributed by atoms with Gasteiger partial charge in [0.2, 0.25) is 11.8 Å². The lowest BCUT2D eigenvalue weighted by Crippen LogP contribution is -2.34. The minimum Gasteiger partial charge on any atom is -0.354 e. The third kappa shape index (κ3) is 7.92. The zero-order valence-electron chi connectivity index (χ0n) is 16.0. The van der Waals surface area contributed by atoms with E-state index in [1.807, 2.05) is 31.2 Å². The van der Waals surface area contributed by atoms with Gasteiger partial charge in [-0.15, -0.1) is 0 Å². The van der Waals surface area contributed by atoms with Crippen LogP contribution in [-0.4, -0.2) is 30.7 Å². The zero-order valence-corrected chi connectivity index (χ0v) is 16.7. The van der Waals surface area contributed by atoms with Crippen molar-refractivity contribution in [3.8, 4) is 0 Å². The molecular formula is C22H25ClN2O3. The van der Waals surface area contributed by atoms with Crippen molar-refractivity contribution in [2.75, 3.05) is 13.1 Å². The summed E-state index contributed by atoms with van der Waals surface area (Å²) < 4.78 is 0. The second-order valence-corrected chi connectivity index (χ2v) is 7.05. The highest BCUT2D eigenvalue weighted by Crippen LogP contribution is 2.11. The number of carbonyl (C=O) groups is 3. The van der Waals surface area contributed by atoms with Gasteiger partial charge in [-0.2, -0.15) is 0 Å². The summed E-state index contributed by atoms with van der Waals surface area (Å²) in [4.78, 5) is 35.7. The van der Waals surface area contributed by atoms with Gasteiger partial charge in [0.05, 0.1) is 0 Å². The van der Waals surface area contributed by atoms with Gasteiger partial charge in [-0.25, -0.2) is 0 Å². The van der Waals surface area contributed by atoms with Gasteiger partial charge in [0.15, 0.2) is 5.78 Å². The fourth-order valence-electron chi connectivity index (χ4n) is 2.60. The van der Waals surface area contributed by atoms with Gasteiger partial charge in [0.1, 0.15) is 0 Å². The molecule has 2 aromatic carbocycles. The average molecular weight is 401 g/mol. The standard InChI is InChI=1S/C22H25ClN2O3/c1-16-2-7-18(8-3-16)20(26)11-13-22(28)25-15-14-24-21(27)12-6-17-4-9-19(23)10-5-17/h2-5,7-10H,6,11-15H2,1H3,(H,24,27)(H,25,28). The molecule has 0 aliphatic carbocycles. The first-order valence-electron chi connectivity index (χ1n) is 9.32. The molecule has 2 amide bonds. The van der Waals surface area contributed by atoms with Crippen LogP contribution in [0.25, 0.3) is 0 Å². The van der Waals surface area contributed by atoms with E-state index in [1.165, 1.54) is 0 Å². The Balaban J connectivity index is 1.56. The highest BCUT2D eigenvalue weighted by atomic mass is 35.5. The van der Waals surface area contributed by atoms with E-state index in [4.69, 9.17) is 11.6 Å². The molecular weight excluding hydrogens is 376 g/mol. The lowest BCUT2D eigenvalue weighted by atomic mass is 10.1. The highest BCUT2D eigenvalue weighted by molar-refractivity contribution is 6.30. The molecule has 0 fully saturated rings. The average Bonchev–Trinajstić information content (AvgIpc) is 2.69. The van der Waals surface area contributed by atoms with Crippen LogP contribution in [0.2, 0.25) is 5.02 Å². The maximum atomic E-state index is 12.0. The maximum Gasteiger partial charge on any atom is 0.220 e. The van der Waals surface area contributed by atoms with E-state index in [0.717, 1.165) is 11.1 Å². The normalized spacial score (nSPS) is 10.4. The smallest absolute Gasteiger partial charge is 0.220 e. The Labute approximate surface area is 170 Å². The Morgan fingerprint density at radius 2 is 1.36 bits per heavy atom. The second-order valence-electron chi connectivity index (χ2n) is 6.62. The number of carbonyl (C=O) groups excluding carboxylic acids is 3. The lowest BCUT2D eigenvalue weighted by Gasteiger charge is -2.07. The SMILES string of the molecule is Cc1ccc(C(=O)CCC(=O)NCCNC(=O)CCc2ccc(Cl)cc2)cc1. The van der Waals surface area contributed by atoms with Gasteiger partial charge in [-0.3, -0.25) is 14.4 Å². The van der Waals surface area contributed by atoms with Crippen LogP contribution in [0.3, 0.4) is 0 Å². The molecule has 2 N–H and O–H groups in total. The molecule has 2 aromatic rings. The van der Waals surface area contributed by atoms with E-state index in [9.17, 15) is 14.4 Å². The van der Waals surface area contributed by atoms with Gasteiger partial charge < -0.3 is 10.6 Å². The number of Topliss-reactive ketones (excluding diaryl/α,β-unsaturated/α-hetero) is 1. The van der Waals surface area contributed by atoms with Crippen LogP contribution < -0.4 is 10.6 Å². The first-order chi connectivity index (χ1) is 13.4. The highest BCUT2D eigenvalue weighted by Gasteiger charge is 2.09. The number of hydrogen-bond donors (Lipinski definition) is 2. The van der Waals surface area contributed by atoms with Crippen molar-refractivity contribution < 1.29 is 14.4 Å². The molecule has 28 heavy (non-hydrogen) atoms. The Morgan fingerprint density at radius 3 is 1.96 bits per heavy atom. The number of halogens is 1. The summed E-state index contributed by atoms with van der Waals surface area (Å²) in [6, 6.07) is 14.7. The zero-order chi connectivity index (χ0) is 20.4. The molecule has 0 spiro atoms. The molecule has 0 aromatic heterocycles. The summed E-state index contributed by atoms with van der Waals surface area (Å²) in [6.45, 7) is 2.65. The fourth-order valence-corrected chi connectivity index (χ4v) is 2.73. The number of hydrogen-bond acceptors (Lipinski definition) is 3. The molecule has 0 aliphatic rings. The molecule has 0 atom stereocenters. The minimum atomic E-state index is -0.198. The van der Waals surface area contributed by atoms with Crippen LogP contribution in [0.4, 0.5) is 0 Å². The molecule has 0 aliphatic heterocycles. The summed E-state index contributed by atoms with van der Waals surface area (Å²) in [5.74, 6) is -0.319. The molecule has 0 radical (unpaired) electrons. The van der Waals surface area contributed by atoms with Crippen molar-refractivity contribution in [2.45, 2.75) is 32.6 Å². The molecule has 0 bridgehead atoms. The Kier molecular flexibility index (Phi) is 8.69. The van der Waals surface area contributed by atoms with Crippen molar-refractivity contribution in [3.05, 3.63) is 70.2 Å². The van der Waals surface area contributed by atoms with E-state index in [-0.39, 0.29) is 30.4 Å². The van der Waals surface area contributed by atoms with E-state index >= 15 is 0 Å². The summed E-state index contributed by atoms with van der Waals surface area (Å²) in [5, 5.41) is 6.15. The maximum absolute atomic E-state index is 12.0. The van der Waals surface area contributed by atoms with Crippen molar-refractivity contribution in [1.29, 1.82) is 0 Å². The van der Waals surface area contributed by atoms with Crippen LogP contribution in [-0.2, 0) is 16.0 Å². The first-order valence-corrected chi connectivity index (χ1v) is 9.69. The van der Waals surface area contributed by atoms with E-state index < -0.39 is 0 Å². The first kappa shape index (κ1) is 21.6. The quantitative estimate of drug-likeness (QED) is 0.473. The molecule has 6 heteroatoms. The fraction of sp³-hybridized carbons (Fsp3) is 0.318. The summed E-state index contributed by atoms with van der Waals surface area (Å²) in [7, 11) is 0. The van der Waals surface area contributed by atoms with Crippen molar-refractivity contribution in [2.24, 2.45) is 0 Å². The number of ketones is 1. The molecule has 0 heterocycles. The number of rotatable bonds is 10. The summed E-state index contributed by atoms with van der Waals surface area (Å²) >= 11 is 5.83. The van der Waals surface area contributed by atoms with Gasteiger partial charge in [-0.1, -0.05) is 53.6 Å². The lowest BCUT2D eigenvalue weighted by molar-refractivity contribution is -0.122. The molecule has 5 nitrogen and oxygen atoms in total. The molecule has 0 saturated carbocycles. The monoisotopic (exact) mass is 400 g/mol. The van der Waals surface area contributed by atoms with E-state index in [2.05, 4.69) is 10.6 Å². The van der Waals surface area contributed by atoms with Crippen molar-refractivity contribution >= 4 is 29.2 Å². The molecule has 2 rings (SSSR count). The third-order valence-corrected chi connectivity index (χ3v) is 4.53. The Morgan fingerprint density at radius 1 is 0.786 bits per heavy atom. The topological polar surface area (TPSA) is 75.3 Å². The van der Waals surface area contributed by atoms with Crippen molar-refractivity contribution in [3.63, 3.8) is 0 Å². The number of benzene rings is 2. The number of amides is 2. The van der Waals surface area contributed by atoms with Crippen LogP contribution in [0, 0.1) is 6.92 Å².